The molecule has 1 aromatic rings. The van der Waals surface area contributed by atoms with Crippen molar-refractivity contribution in [2.45, 2.75) is 45.4 Å². The van der Waals surface area contributed by atoms with Gasteiger partial charge < -0.3 is 14.2 Å². The molecular formula is C20H24O5. The quantitative estimate of drug-likeness (QED) is 0.459. The van der Waals surface area contributed by atoms with Gasteiger partial charge in [0.1, 0.15) is 17.3 Å². The predicted octanol–water partition coefficient (Wildman–Crippen LogP) is 4.02. The highest BCUT2D eigenvalue weighted by Gasteiger charge is 2.33. The number of esters is 2. The molecule has 0 heterocycles. The van der Waals surface area contributed by atoms with E-state index in [9.17, 15) is 9.59 Å². The lowest BCUT2D eigenvalue weighted by Gasteiger charge is -2.28. The van der Waals surface area contributed by atoms with E-state index in [-0.39, 0.29) is 17.9 Å². The first-order chi connectivity index (χ1) is 12.1. The van der Waals surface area contributed by atoms with Gasteiger partial charge >= 0.3 is 11.9 Å². The minimum Gasteiger partial charge on any atom is -0.469 e. The molecule has 0 spiro atoms. The average Bonchev–Trinajstić information content (AvgIpc) is 3.45. The third kappa shape index (κ3) is 4.62. The van der Waals surface area contributed by atoms with E-state index in [1.807, 2.05) is 12.1 Å². The second-order valence-corrected chi connectivity index (χ2v) is 6.71. The van der Waals surface area contributed by atoms with Crippen molar-refractivity contribution in [3.05, 3.63) is 35.6 Å². The molecule has 2 aliphatic carbocycles. The SMILES string of the molecule is COC(=O)C1CCC(C(Oc2ccc(OC(C)=O)cc2)=C2CC2)CC1. The van der Waals surface area contributed by atoms with Crippen molar-refractivity contribution < 1.29 is 23.8 Å². The fraction of sp³-hybridized carbons (Fsp3) is 0.500. The lowest BCUT2D eigenvalue weighted by atomic mass is 9.81. The van der Waals surface area contributed by atoms with E-state index >= 15 is 0 Å². The summed E-state index contributed by atoms with van der Waals surface area (Å²) in [7, 11) is 1.45. The van der Waals surface area contributed by atoms with Crippen LogP contribution in [-0.4, -0.2) is 19.0 Å². The Morgan fingerprint density at radius 3 is 1.88 bits per heavy atom. The van der Waals surface area contributed by atoms with Crippen LogP contribution in [0.15, 0.2) is 35.6 Å². The first-order valence-corrected chi connectivity index (χ1v) is 8.83. The molecule has 0 aromatic heterocycles. The number of rotatable bonds is 5. The fourth-order valence-corrected chi connectivity index (χ4v) is 3.38. The molecule has 0 radical (unpaired) electrons. The zero-order valence-corrected chi connectivity index (χ0v) is 14.7. The summed E-state index contributed by atoms with van der Waals surface area (Å²) < 4.78 is 16.1. The van der Waals surface area contributed by atoms with Gasteiger partial charge in [-0.3, -0.25) is 9.59 Å². The number of benzene rings is 1. The largest absolute Gasteiger partial charge is 0.469 e. The molecule has 134 valence electrons. The molecule has 0 aliphatic heterocycles. The highest BCUT2D eigenvalue weighted by atomic mass is 16.5. The Labute approximate surface area is 148 Å². The number of hydrogen-bond donors (Lipinski definition) is 0. The summed E-state index contributed by atoms with van der Waals surface area (Å²) >= 11 is 0. The number of carbonyl (C=O) groups is 2. The minimum atomic E-state index is -0.336. The molecule has 0 N–H and O–H groups in total. The third-order valence-corrected chi connectivity index (χ3v) is 4.79. The molecule has 2 aliphatic rings. The van der Waals surface area contributed by atoms with E-state index in [1.54, 1.807) is 12.1 Å². The summed E-state index contributed by atoms with van der Waals surface area (Å²) in [6, 6.07) is 7.11. The third-order valence-electron chi connectivity index (χ3n) is 4.79. The first-order valence-electron chi connectivity index (χ1n) is 8.83. The van der Waals surface area contributed by atoms with E-state index in [0.29, 0.717) is 11.7 Å². The summed E-state index contributed by atoms with van der Waals surface area (Å²) in [4.78, 5) is 22.7. The predicted molar refractivity (Wildman–Crippen MR) is 92.1 cm³/mol. The van der Waals surface area contributed by atoms with Crippen LogP contribution in [0, 0.1) is 11.8 Å². The van der Waals surface area contributed by atoms with Crippen LogP contribution in [0.4, 0.5) is 0 Å². The fourth-order valence-electron chi connectivity index (χ4n) is 3.38. The van der Waals surface area contributed by atoms with Gasteiger partial charge in [-0.25, -0.2) is 0 Å². The number of allylic oxidation sites excluding steroid dienone is 2. The molecular weight excluding hydrogens is 320 g/mol. The standard InChI is InChI=1S/C20H24O5/c1-13(21)24-17-9-11-18(12-10-17)25-19(14-3-4-14)15-5-7-16(8-6-15)20(22)23-2/h9-12,15-16H,3-8H2,1-2H3. The molecule has 0 amide bonds. The second kappa shape index (κ2) is 7.72. The highest BCUT2D eigenvalue weighted by Crippen LogP contribution is 2.42. The normalized spacial score (nSPS) is 22.1. The van der Waals surface area contributed by atoms with Gasteiger partial charge in [0.2, 0.25) is 0 Å². The molecule has 0 atom stereocenters. The summed E-state index contributed by atoms with van der Waals surface area (Å²) in [6.07, 6.45) is 5.79. The van der Waals surface area contributed by atoms with Crippen molar-refractivity contribution >= 4 is 11.9 Å². The number of methoxy groups -OCH3 is 1. The van der Waals surface area contributed by atoms with Gasteiger partial charge in [0, 0.05) is 12.8 Å². The van der Waals surface area contributed by atoms with Gasteiger partial charge in [0.05, 0.1) is 13.0 Å². The van der Waals surface area contributed by atoms with Crippen LogP contribution >= 0.6 is 0 Å². The summed E-state index contributed by atoms with van der Waals surface area (Å²) in [5.74, 6) is 2.29. The molecule has 0 unspecified atom stereocenters. The van der Waals surface area contributed by atoms with E-state index in [2.05, 4.69) is 0 Å². The van der Waals surface area contributed by atoms with Gasteiger partial charge in [-0.1, -0.05) is 0 Å². The maximum Gasteiger partial charge on any atom is 0.308 e. The van der Waals surface area contributed by atoms with Crippen molar-refractivity contribution in [1.82, 2.24) is 0 Å². The second-order valence-electron chi connectivity index (χ2n) is 6.71. The average molecular weight is 344 g/mol. The van der Waals surface area contributed by atoms with Crippen molar-refractivity contribution in [2.24, 2.45) is 11.8 Å². The summed E-state index contributed by atoms with van der Waals surface area (Å²) in [5.41, 5.74) is 1.38. The molecule has 5 heteroatoms. The summed E-state index contributed by atoms with van der Waals surface area (Å²) in [5, 5.41) is 0. The van der Waals surface area contributed by atoms with Crippen molar-refractivity contribution in [3.63, 3.8) is 0 Å². The van der Waals surface area contributed by atoms with Crippen LogP contribution in [0.25, 0.3) is 0 Å². The Bertz CT molecular complexity index is 660. The zero-order chi connectivity index (χ0) is 17.8. The highest BCUT2D eigenvalue weighted by molar-refractivity contribution is 5.72. The molecule has 3 rings (SSSR count). The van der Waals surface area contributed by atoms with Crippen LogP contribution in [0.1, 0.15) is 45.4 Å². The Morgan fingerprint density at radius 1 is 0.880 bits per heavy atom. The molecule has 5 nitrogen and oxygen atoms in total. The Kier molecular flexibility index (Phi) is 5.41. The van der Waals surface area contributed by atoms with E-state index < -0.39 is 0 Å². The van der Waals surface area contributed by atoms with Gasteiger partial charge in [0.15, 0.2) is 0 Å². The minimum absolute atomic E-state index is 0.0229. The zero-order valence-electron chi connectivity index (χ0n) is 14.7. The molecule has 1 aromatic carbocycles. The van der Waals surface area contributed by atoms with Gasteiger partial charge in [-0.15, -0.1) is 0 Å². The van der Waals surface area contributed by atoms with E-state index in [1.165, 1.54) is 19.6 Å². The maximum absolute atomic E-state index is 11.7. The lowest BCUT2D eigenvalue weighted by Crippen LogP contribution is -2.24. The number of carbonyl (C=O) groups excluding carboxylic acids is 2. The van der Waals surface area contributed by atoms with Crippen molar-refractivity contribution in [3.8, 4) is 11.5 Å². The van der Waals surface area contributed by atoms with Crippen LogP contribution in [0.2, 0.25) is 0 Å². The van der Waals surface area contributed by atoms with Crippen LogP contribution in [0.5, 0.6) is 11.5 Å². The summed E-state index contributed by atoms with van der Waals surface area (Å²) in [6.45, 7) is 1.38. The number of hydrogen-bond acceptors (Lipinski definition) is 5. The monoisotopic (exact) mass is 344 g/mol. The van der Waals surface area contributed by atoms with Crippen LogP contribution in [-0.2, 0) is 14.3 Å². The Balaban J connectivity index is 1.63. The first kappa shape index (κ1) is 17.5. The molecule has 0 bridgehead atoms. The lowest BCUT2D eigenvalue weighted by molar-refractivity contribution is -0.146. The molecule has 25 heavy (non-hydrogen) atoms. The van der Waals surface area contributed by atoms with E-state index in [4.69, 9.17) is 14.2 Å². The molecule has 2 fully saturated rings. The van der Waals surface area contributed by atoms with Gasteiger partial charge in [0.25, 0.3) is 0 Å². The van der Waals surface area contributed by atoms with Crippen LogP contribution < -0.4 is 9.47 Å². The molecule has 2 saturated carbocycles. The number of ether oxygens (including phenoxy) is 3. The van der Waals surface area contributed by atoms with Gasteiger partial charge in [-0.05, 0) is 68.4 Å². The topological polar surface area (TPSA) is 61.8 Å². The van der Waals surface area contributed by atoms with Crippen molar-refractivity contribution in [1.29, 1.82) is 0 Å². The van der Waals surface area contributed by atoms with Crippen molar-refractivity contribution in [2.75, 3.05) is 7.11 Å². The van der Waals surface area contributed by atoms with Crippen LogP contribution in [0.3, 0.4) is 0 Å². The Morgan fingerprint density at radius 2 is 1.40 bits per heavy atom. The Hall–Kier alpha value is -2.30. The maximum atomic E-state index is 11.7. The smallest absolute Gasteiger partial charge is 0.308 e. The van der Waals surface area contributed by atoms with Gasteiger partial charge in [-0.2, -0.15) is 0 Å². The molecule has 0 saturated heterocycles. The van der Waals surface area contributed by atoms with E-state index in [0.717, 1.165) is 50.0 Å².